The van der Waals surface area contributed by atoms with Crippen LogP contribution in [-0.4, -0.2) is 28.1 Å². The van der Waals surface area contributed by atoms with E-state index in [-0.39, 0.29) is 18.7 Å². The summed E-state index contributed by atoms with van der Waals surface area (Å²) in [6.45, 7) is 1.35. The predicted molar refractivity (Wildman–Crippen MR) is 67.5 cm³/mol. The average Bonchev–Trinajstić information content (AvgIpc) is 2.80. The third-order valence-electron chi connectivity index (χ3n) is 3.57. The van der Waals surface area contributed by atoms with Gasteiger partial charge in [-0.1, -0.05) is 13.0 Å². The maximum atomic E-state index is 12.5. The molecule has 7 heteroatoms. The van der Waals surface area contributed by atoms with Crippen LogP contribution >= 0.6 is 0 Å². The Morgan fingerprint density at radius 2 is 1.90 bits per heavy atom. The smallest absolute Gasteiger partial charge is 0.392 e. The molecule has 0 aromatic heterocycles. The van der Waals surface area contributed by atoms with E-state index in [0.29, 0.717) is 5.56 Å². The zero-order chi connectivity index (χ0) is 15.8. The van der Waals surface area contributed by atoms with E-state index in [2.05, 4.69) is 0 Å². The fourth-order valence-electron chi connectivity index (χ4n) is 2.21. The summed E-state index contributed by atoms with van der Waals surface area (Å²) in [6, 6.07) is 4.48. The number of carboxylic acids is 1. The maximum Gasteiger partial charge on any atom is 0.392 e. The number of benzene rings is 1. The maximum absolute atomic E-state index is 12.5. The highest BCUT2D eigenvalue weighted by molar-refractivity contribution is 5.88. The number of rotatable bonds is 3. The molecule has 1 aromatic rings. The first-order valence-corrected chi connectivity index (χ1v) is 6.38. The summed E-state index contributed by atoms with van der Waals surface area (Å²) < 4.78 is 37.4. The molecule has 1 aromatic carbocycles. The van der Waals surface area contributed by atoms with Crippen LogP contribution in [0.3, 0.4) is 0 Å². The molecule has 0 saturated heterocycles. The number of aromatic carboxylic acids is 1. The Morgan fingerprint density at radius 1 is 1.29 bits per heavy atom. The molecular weight excluding hydrogens is 287 g/mol. The molecule has 0 aliphatic carbocycles. The van der Waals surface area contributed by atoms with Crippen LogP contribution in [0.5, 0.6) is 0 Å². The first-order valence-electron chi connectivity index (χ1n) is 6.38. The molecule has 1 atom stereocenters. The Hall–Kier alpha value is -2.05. The van der Waals surface area contributed by atoms with Crippen LogP contribution in [0.15, 0.2) is 18.2 Å². The number of alkyl halides is 3. The lowest BCUT2D eigenvalue weighted by molar-refractivity contribution is -0.176. The van der Waals surface area contributed by atoms with Crippen molar-refractivity contribution in [1.29, 1.82) is 0 Å². The van der Waals surface area contributed by atoms with Crippen molar-refractivity contribution in [2.24, 2.45) is 5.92 Å². The number of hydrogen-bond acceptors (Lipinski definition) is 2. The number of carbonyl (C=O) groups is 2. The van der Waals surface area contributed by atoms with Gasteiger partial charge in [0.2, 0.25) is 5.91 Å². The van der Waals surface area contributed by atoms with Gasteiger partial charge in [0.15, 0.2) is 0 Å². The SMILES string of the molecule is CC(CC(=O)N1Cc2ccc(C(=O)O)cc2C1)C(F)(F)F. The van der Waals surface area contributed by atoms with Gasteiger partial charge >= 0.3 is 12.1 Å². The molecule has 1 heterocycles. The highest BCUT2D eigenvalue weighted by atomic mass is 19.4. The van der Waals surface area contributed by atoms with Crippen LogP contribution in [0.4, 0.5) is 13.2 Å². The lowest BCUT2D eigenvalue weighted by Crippen LogP contribution is -2.31. The molecule has 2 rings (SSSR count). The Balaban J connectivity index is 2.06. The van der Waals surface area contributed by atoms with Gasteiger partial charge in [-0.05, 0) is 23.3 Å². The molecule has 1 amide bonds. The Labute approximate surface area is 119 Å². The topological polar surface area (TPSA) is 57.6 Å². The normalized spacial score (nSPS) is 15.7. The standard InChI is InChI=1S/C14H14F3NO3/c1-8(14(15,16)17)4-12(19)18-6-10-3-2-9(13(20)21)5-11(10)7-18/h2-3,5,8H,4,6-7H2,1H3,(H,20,21). The van der Waals surface area contributed by atoms with Gasteiger partial charge in [0, 0.05) is 19.5 Å². The second-order valence-corrected chi connectivity index (χ2v) is 5.19. The average molecular weight is 301 g/mol. The van der Waals surface area contributed by atoms with Crippen LogP contribution in [0.2, 0.25) is 0 Å². The molecule has 0 spiro atoms. The summed E-state index contributed by atoms with van der Waals surface area (Å²) in [5.41, 5.74) is 1.54. The molecule has 1 aliphatic heterocycles. The summed E-state index contributed by atoms with van der Waals surface area (Å²) in [4.78, 5) is 24.1. The fourth-order valence-corrected chi connectivity index (χ4v) is 2.21. The van der Waals surface area contributed by atoms with Gasteiger partial charge in [0.25, 0.3) is 0 Å². The monoisotopic (exact) mass is 301 g/mol. The molecular formula is C14H14F3NO3. The van der Waals surface area contributed by atoms with Crippen molar-refractivity contribution in [3.8, 4) is 0 Å². The van der Waals surface area contributed by atoms with Crippen LogP contribution < -0.4 is 0 Å². The van der Waals surface area contributed by atoms with Gasteiger partial charge in [-0.3, -0.25) is 4.79 Å². The fraction of sp³-hybridized carbons (Fsp3) is 0.429. The number of fused-ring (bicyclic) bond motifs is 1. The summed E-state index contributed by atoms with van der Waals surface area (Å²) >= 11 is 0. The Bertz CT molecular complexity index is 583. The highest BCUT2D eigenvalue weighted by Gasteiger charge is 2.38. The summed E-state index contributed by atoms with van der Waals surface area (Å²) in [5.74, 6) is -3.34. The van der Waals surface area contributed by atoms with Crippen molar-refractivity contribution in [2.45, 2.75) is 32.6 Å². The van der Waals surface area contributed by atoms with Crippen molar-refractivity contribution in [3.63, 3.8) is 0 Å². The lowest BCUT2D eigenvalue weighted by Gasteiger charge is -2.20. The first-order chi connectivity index (χ1) is 9.68. The summed E-state index contributed by atoms with van der Waals surface area (Å²) in [5, 5.41) is 8.89. The van der Waals surface area contributed by atoms with Gasteiger partial charge in [-0.2, -0.15) is 13.2 Å². The van der Waals surface area contributed by atoms with Crippen molar-refractivity contribution < 1.29 is 27.9 Å². The van der Waals surface area contributed by atoms with E-state index >= 15 is 0 Å². The van der Waals surface area contributed by atoms with Crippen molar-refractivity contribution >= 4 is 11.9 Å². The molecule has 21 heavy (non-hydrogen) atoms. The molecule has 1 N–H and O–H groups in total. The number of nitrogens with zero attached hydrogens (tertiary/aromatic N) is 1. The first kappa shape index (κ1) is 15.3. The predicted octanol–water partition coefficient (Wildman–Crippen LogP) is 2.82. The molecule has 114 valence electrons. The number of halogens is 3. The van der Waals surface area contributed by atoms with Crippen LogP contribution in [0, 0.1) is 5.92 Å². The minimum Gasteiger partial charge on any atom is -0.478 e. The van der Waals surface area contributed by atoms with E-state index in [0.717, 1.165) is 12.5 Å². The Kier molecular flexibility index (Phi) is 3.93. The second-order valence-electron chi connectivity index (χ2n) is 5.19. The molecule has 0 saturated carbocycles. The lowest BCUT2D eigenvalue weighted by atomic mass is 10.1. The summed E-state index contributed by atoms with van der Waals surface area (Å²) in [6.07, 6.45) is -4.98. The minimum atomic E-state index is -4.39. The van der Waals surface area contributed by atoms with Gasteiger partial charge < -0.3 is 10.0 Å². The van der Waals surface area contributed by atoms with Crippen LogP contribution in [0.25, 0.3) is 0 Å². The van der Waals surface area contributed by atoms with E-state index < -0.39 is 30.4 Å². The number of carboxylic acid groups (broad SMARTS) is 1. The van der Waals surface area contributed by atoms with E-state index in [4.69, 9.17) is 5.11 Å². The van der Waals surface area contributed by atoms with Gasteiger partial charge in [0.1, 0.15) is 0 Å². The molecule has 0 fully saturated rings. The highest BCUT2D eigenvalue weighted by Crippen LogP contribution is 2.30. The zero-order valence-corrected chi connectivity index (χ0v) is 11.3. The van der Waals surface area contributed by atoms with E-state index in [1.807, 2.05) is 0 Å². The van der Waals surface area contributed by atoms with E-state index in [1.165, 1.54) is 17.0 Å². The molecule has 4 nitrogen and oxygen atoms in total. The third-order valence-corrected chi connectivity index (χ3v) is 3.57. The zero-order valence-electron chi connectivity index (χ0n) is 11.3. The van der Waals surface area contributed by atoms with E-state index in [9.17, 15) is 22.8 Å². The quantitative estimate of drug-likeness (QED) is 0.934. The number of hydrogen-bond donors (Lipinski definition) is 1. The summed E-state index contributed by atoms with van der Waals surface area (Å²) in [7, 11) is 0. The molecule has 0 bridgehead atoms. The van der Waals surface area contributed by atoms with Crippen molar-refractivity contribution in [2.75, 3.05) is 0 Å². The molecule has 0 radical (unpaired) electrons. The van der Waals surface area contributed by atoms with Gasteiger partial charge in [-0.15, -0.1) is 0 Å². The van der Waals surface area contributed by atoms with E-state index in [1.54, 1.807) is 6.07 Å². The van der Waals surface area contributed by atoms with Crippen LogP contribution in [-0.2, 0) is 17.9 Å². The molecule has 1 aliphatic rings. The third kappa shape index (κ3) is 3.34. The van der Waals surface area contributed by atoms with Gasteiger partial charge in [-0.25, -0.2) is 4.79 Å². The van der Waals surface area contributed by atoms with Crippen LogP contribution in [0.1, 0.15) is 34.8 Å². The van der Waals surface area contributed by atoms with Gasteiger partial charge in [0.05, 0.1) is 11.5 Å². The van der Waals surface area contributed by atoms with Crippen molar-refractivity contribution in [1.82, 2.24) is 4.90 Å². The number of amides is 1. The minimum absolute atomic E-state index is 0.103. The molecule has 1 unspecified atom stereocenters. The largest absolute Gasteiger partial charge is 0.478 e. The van der Waals surface area contributed by atoms with Crippen molar-refractivity contribution in [3.05, 3.63) is 34.9 Å². The Morgan fingerprint density at radius 3 is 2.48 bits per heavy atom. The number of carbonyl (C=O) groups excluding carboxylic acids is 1. The second kappa shape index (κ2) is 5.38.